The molecule has 378 valence electrons. The first-order valence-electron chi connectivity index (χ1n) is 24.0. The average molecular weight is 972 g/mol. The predicted octanol–water partition coefficient (Wildman–Crippen LogP) is 1.07. The van der Waals surface area contributed by atoms with Crippen LogP contribution >= 0.6 is 12.4 Å². The Labute approximate surface area is 407 Å². The van der Waals surface area contributed by atoms with Gasteiger partial charge in [0.05, 0.1) is 44.4 Å². The number of unbranched alkanes of at least 4 members (excludes halogenated alkanes) is 2. The van der Waals surface area contributed by atoms with Crippen LogP contribution in [0, 0.1) is 18.3 Å². The number of hydrogen-bond acceptors (Lipinski definition) is 17. The summed E-state index contributed by atoms with van der Waals surface area (Å²) in [4.78, 5) is 55.1. The topological polar surface area (TPSA) is 277 Å². The fourth-order valence-corrected chi connectivity index (χ4v) is 7.84. The van der Waals surface area contributed by atoms with Gasteiger partial charge < -0.3 is 56.3 Å². The van der Waals surface area contributed by atoms with Crippen molar-refractivity contribution in [2.45, 2.75) is 90.6 Å². The number of carbonyl (C=O) groups is 2. The third-order valence-corrected chi connectivity index (χ3v) is 11.9. The molecule has 0 radical (unpaired) electrons. The maximum Gasteiger partial charge on any atom is 0.247 e. The number of nitrogens with two attached hydrogens (primary N) is 3. The zero-order valence-corrected chi connectivity index (χ0v) is 41.1. The predicted molar refractivity (Wildman–Crippen MR) is 263 cm³/mol. The number of aromatic nitrogens is 9. The normalized spacial score (nSPS) is 15.3. The van der Waals surface area contributed by atoms with Gasteiger partial charge in [-0.25, -0.2) is 9.36 Å². The Morgan fingerprint density at radius 2 is 1.35 bits per heavy atom. The van der Waals surface area contributed by atoms with E-state index in [0.29, 0.717) is 142 Å². The van der Waals surface area contributed by atoms with Gasteiger partial charge in [-0.15, -0.1) is 29.0 Å². The number of halogens is 1. The van der Waals surface area contributed by atoms with E-state index in [1.807, 2.05) is 22.2 Å². The Bertz CT molecular complexity index is 1990. The summed E-state index contributed by atoms with van der Waals surface area (Å²) < 4.78 is 20.0. The van der Waals surface area contributed by atoms with Crippen LogP contribution in [0.5, 0.6) is 0 Å². The highest BCUT2D eigenvalue weighted by molar-refractivity contribution is 5.85. The number of piperazine rings is 2. The Hall–Kier alpha value is -5.41. The lowest BCUT2D eigenvalue weighted by Crippen LogP contribution is -2.52. The molecule has 23 nitrogen and oxygen atoms in total. The molecule has 24 heteroatoms. The molecular formula is C44H75ClN18O5. The minimum absolute atomic E-state index is 0. The summed E-state index contributed by atoms with van der Waals surface area (Å²) in [7, 11) is 0. The van der Waals surface area contributed by atoms with Crippen LogP contribution in [0.25, 0.3) is 0 Å². The highest BCUT2D eigenvalue weighted by Crippen LogP contribution is 2.26. The van der Waals surface area contributed by atoms with Crippen LogP contribution in [-0.2, 0) is 36.6 Å². The molecule has 2 fully saturated rings. The molecule has 2 amide bonds. The average Bonchev–Trinajstić information content (AvgIpc) is 4.02. The highest BCUT2D eigenvalue weighted by atomic mass is 35.5. The van der Waals surface area contributed by atoms with E-state index in [0.717, 1.165) is 49.9 Å². The van der Waals surface area contributed by atoms with Gasteiger partial charge in [-0.3, -0.25) is 14.6 Å². The van der Waals surface area contributed by atoms with Crippen molar-refractivity contribution in [3.63, 3.8) is 0 Å². The first kappa shape index (κ1) is 55.2. The smallest absolute Gasteiger partial charge is 0.247 e. The third kappa shape index (κ3) is 17.3. The van der Waals surface area contributed by atoms with Crippen molar-refractivity contribution in [3.05, 3.63) is 23.8 Å². The Balaban J connectivity index is 0.0000101. The highest BCUT2D eigenvalue weighted by Gasteiger charge is 2.35. The SMILES string of the molecule is C#CCOCCOCCOCCNc1nc(N2CCN(C(=O)[C@H]([C@@H](C)CC)n3cc(CCCN=C(N)N)nn3)CC2)nc(N2CCN(C(=O)[C@H](CCCCN)n3cc(CCCC)nn3)CC2)n1.Cl. The van der Waals surface area contributed by atoms with E-state index < -0.39 is 12.1 Å². The first-order valence-corrected chi connectivity index (χ1v) is 24.0. The second-order valence-electron chi connectivity index (χ2n) is 16.8. The summed E-state index contributed by atoms with van der Waals surface area (Å²) in [6.45, 7) is 14.2. The molecule has 7 N–H and O–H groups in total. The van der Waals surface area contributed by atoms with E-state index in [1.54, 1.807) is 9.36 Å². The summed E-state index contributed by atoms with van der Waals surface area (Å²) in [5, 5.41) is 20.8. The van der Waals surface area contributed by atoms with E-state index in [9.17, 15) is 9.59 Å². The van der Waals surface area contributed by atoms with Crippen molar-refractivity contribution >= 4 is 48.0 Å². The number of anilines is 3. The van der Waals surface area contributed by atoms with Gasteiger partial charge >= 0.3 is 0 Å². The zero-order chi connectivity index (χ0) is 47.8. The molecule has 2 saturated heterocycles. The molecule has 5 heterocycles. The summed E-state index contributed by atoms with van der Waals surface area (Å²) >= 11 is 0. The van der Waals surface area contributed by atoms with E-state index in [1.165, 1.54) is 0 Å². The molecule has 0 aliphatic carbocycles. The minimum Gasteiger partial charge on any atom is -0.377 e. The van der Waals surface area contributed by atoms with Crippen LogP contribution in [0.4, 0.5) is 17.8 Å². The van der Waals surface area contributed by atoms with Crippen molar-refractivity contribution in [2.75, 3.05) is 127 Å². The van der Waals surface area contributed by atoms with Crippen LogP contribution in [0.2, 0.25) is 0 Å². The maximum atomic E-state index is 14.2. The lowest BCUT2D eigenvalue weighted by atomic mass is 9.97. The number of guanidine groups is 1. The van der Waals surface area contributed by atoms with Gasteiger partial charge in [0.1, 0.15) is 18.7 Å². The second kappa shape index (κ2) is 30.2. The van der Waals surface area contributed by atoms with Gasteiger partial charge in [0.15, 0.2) is 5.96 Å². The molecule has 0 aromatic carbocycles. The van der Waals surface area contributed by atoms with Gasteiger partial charge in [-0.1, -0.05) is 50.0 Å². The number of ether oxygens (including phenoxy) is 3. The number of nitrogens with zero attached hydrogens (tertiary/aromatic N) is 14. The standard InChI is InChI=1S/C44H74N18O5.ClH/c1-5-8-12-35-32-61(55-53-35)37(14-9-10-15-45)39(63)57-18-22-59(23-19-57)43-50-42(49-17-27-66-29-31-67-30-28-65-26-6-2)51-44(52-43)60-24-20-58(21-25-60)40(64)38(34(4)7-3)62-33-36(54-56-62)13-11-16-48-41(46)47;/h2,32-34,37-38H,5,7-31,45H2,1,3-4H3,(H4,46,47,48)(H,49,50,51,52);1H/t34-,37-,38-;/m0./s1. The number of terminal acetylenes is 1. The summed E-state index contributed by atoms with van der Waals surface area (Å²) in [5.74, 6) is 3.96. The van der Waals surface area contributed by atoms with Gasteiger partial charge in [0.25, 0.3) is 0 Å². The Kier molecular flexibility index (Phi) is 24.5. The zero-order valence-electron chi connectivity index (χ0n) is 40.3. The van der Waals surface area contributed by atoms with Gasteiger partial charge in [-0.05, 0) is 57.4 Å². The van der Waals surface area contributed by atoms with Gasteiger partial charge in [-0.2, -0.15) is 15.0 Å². The largest absolute Gasteiger partial charge is 0.377 e. The molecule has 0 bridgehead atoms. The third-order valence-electron chi connectivity index (χ3n) is 11.9. The minimum atomic E-state index is -0.497. The Morgan fingerprint density at radius 3 is 1.94 bits per heavy atom. The fourth-order valence-electron chi connectivity index (χ4n) is 7.84. The number of amides is 2. The van der Waals surface area contributed by atoms with E-state index in [-0.39, 0.29) is 42.7 Å². The van der Waals surface area contributed by atoms with Crippen molar-refractivity contribution in [1.29, 1.82) is 0 Å². The van der Waals surface area contributed by atoms with E-state index in [2.05, 4.69) is 67.4 Å². The molecule has 2 aliphatic rings. The molecule has 3 atom stereocenters. The lowest BCUT2D eigenvalue weighted by Gasteiger charge is -2.38. The van der Waals surface area contributed by atoms with Crippen LogP contribution < -0.4 is 32.3 Å². The van der Waals surface area contributed by atoms with E-state index in [4.69, 9.17) is 52.8 Å². The molecular weight excluding hydrogens is 896 g/mol. The van der Waals surface area contributed by atoms with Gasteiger partial charge in [0, 0.05) is 77.8 Å². The number of nitrogens with one attached hydrogen (secondary N) is 1. The molecule has 68 heavy (non-hydrogen) atoms. The monoisotopic (exact) mass is 971 g/mol. The number of aliphatic imine (C=N–C) groups is 1. The molecule has 3 aromatic heterocycles. The van der Waals surface area contributed by atoms with Crippen molar-refractivity contribution < 1.29 is 23.8 Å². The molecule has 2 aliphatic heterocycles. The Morgan fingerprint density at radius 1 is 0.779 bits per heavy atom. The van der Waals surface area contributed by atoms with Crippen molar-refractivity contribution in [1.82, 2.24) is 54.7 Å². The molecule has 3 aromatic rings. The number of rotatable bonds is 30. The molecule has 5 rings (SSSR count). The van der Waals surface area contributed by atoms with Crippen molar-refractivity contribution in [3.8, 4) is 12.3 Å². The van der Waals surface area contributed by atoms with Crippen LogP contribution in [-0.4, -0.2) is 184 Å². The maximum absolute atomic E-state index is 14.2. The summed E-state index contributed by atoms with van der Waals surface area (Å²) in [6.07, 6.45) is 16.3. The number of aryl methyl sites for hydroxylation is 2. The first-order chi connectivity index (χ1) is 32.6. The van der Waals surface area contributed by atoms with Crippen LogP contribution in [0.1, 0.15) is 89.2 Å². The lowest BCUT2D eigenvalue weighted by molar-refractivity contribution is -0.137. The second-order valence-corrected chi connectivity index (χ2v) is 16.8. The van der Waals surface area contributed by atoms with Crippen LogP contribution in [0.15, 0.2) is 17.4 Å². The van der Waals surface area contributed by atoms with Crippen molar-refractivity contribution in [2.24, 2.45) is 28.1 Å². The molecule has 0 unspecified atom stereocenters. The molecule has 0 saturated carbocycles. The summed E-state index contributed by atoms with van der Waals surface area (Å²) in [6, 6.07) is -0.946. The van der Waals surface area contributed by atoms with E-state index >= 15 is 0 Å². The molecule has 0 spiro atoms. The number of carbonyl (C=O) groups excluding carboxylic acids is 2. The van der Waals surface area contributed by atoms with Crippen LogP contribution in [0.3, 0.4) is 0 Å². The van der Waals surface area contributed by atoms with Gasteiger partial charge in [0.2, 0.25) is 29.7 Å². The number of hydrogen-bond donors (Lipinski definition) is 4. The fraction of sp³-hybridized carbons (Fsp3) is 0.727. The quantitative estimate of drug-likeness (QED) is 0.0315. The summed E-state index contributed by atoms with van der Waals surface area (Å²) in [5.41, 5.74) is 18.4.